The number of rotatable bonds is 0. The molecule has 202 valence electrons. The topological polar surface area (TPSA) is 146 Å². The fourth-order valence-corrected chi connectivity index (χ4v) is 10.3. The second-order valence-corrected chi connectivity index (χ2v) is 13.3. The van der Waals surface area contributed by atoms with Crippen LogP contribution in [0.5, 0.6) is 0 Å². The second kappa shape index (κ2) is 6.26. The summed E-state index contributed by atoms with van der Waals surface area (Å²) in [6, 6.07) is 0. The Hall–Kier alpha value is -2.56. The molecule has 1 spiro atoms. The Morgan fingerprint density at radius 3 is 2.58 bits per heavy atom. The first-order valence-electron chi connectivity index (χ1n) is 13.5. The van der Waals surface area contributed by atoms with Gasteiger partial charge in [0.05, 0.1) is 30.0 Å². The Morgan fingerprint density at radius 1 is 1.05 bits per heavy atom. The van der Waals surface area contributed by atoms with Gasteiger partial charge in [0.25, 0.3) is 0 Å². The van der Waals surface area contributed by atoms with Crippen molar-refractivity contribution in [2.45, 2.75) is 81.1 Å². The summed E-state index contributed by atoms with van der Waals surface area (Å²) >= 11 is 0. The number of aliphatic hydroxyl groups excluding tert-OH is 1. The Bertz CT molecular complexity index is 1330. The van der Waals surface area contributed by atoms with Crippen LogP contribution < -0.4 is 0 Å². The van der Waals surface area contributed by atoms with E-state index in [4.69, 9.17) is 18.9 Å². The molecule has 0 aromatic heterocycles. The molecule has 4 heterocycles. The van der Waals surface area contributed by atoms with Gasteiger partial charge < -0.3 is 29.2 Å². The van der Waals surface area contributed by atoms with E-state index in [1.165, 1.54) is 0 Å². The molecule has 4 aliphatic carbocycles. The van der Waals surface area contributed by atoms with Crippen LogP contribution in [0.15, 0.2) is 23.8 Å². The van der Waals surface area contributed by atoms with Crippen molar-refractivity contribution in [3.63, 3.8) is 0 Å². The molecule has 0 aromatic rings. The van der Waals surface area contributed by atoms with Gasteiger partial charge in [-0.2, -0.15) is 0 Å². The van der Waals surface area contributed by atoms with Gasteiger partial charge in [0.15, 0.2) is 11.2 Å². The first kappa shape index (κ1) is 23.3. The first-order valence-corrected chi connectivity index (χ1v) is 13.5. The van der Waals surface area contributed by atoms with E-state index in [1.807, 2.05) is 19.9 Å². The molecule has 0 amide bonds. The number of esters is 3. The maximum Gasteiger partial charge on any atom is 0.343 e. The highest BCUT2D eigenvalue weighted by Crippen LogP contribution is 2.76. The Morgan fingerprint density at radius 2 is 1.82 bits per heavy atom. The molecule has 8 rings (SSSR count). The lowest BCUT2D eigenvalue weighted by atomic mass is 9.39. The van der Waals surface area contributed by atoms with Crippen LogP contribution in [-0.2, 0) is 38.1 Å². The number of aliphatic hydroxyl groups is 2. The summed E-state index contributed by atoms with van der Waals surface area (Å²) in [6.45, 7) is 5.21. The molecule has 2 N–H and O–H groups in total. The molecule has 2 saturated carbocycles. The Kier molecular flexibility index (Phi) is 3.84. The lowest BCUT2D eigenvalue weighted by Gasteiger charge is -2.67. The van der Waals surface area contributed by atoms with Crippen molar-refractivity contribution >= 4 is 23.7 Å². The highest BCUT2D eigenvalue weighted by atomic mass is 16.7. The number of hydrogen-bond donors (Lipinski definition) is 2. The van der Waals surface area contributed by atoms with E-state index in [-0.39, 0.29) is 31.7 Å². The van der Waals surface area contributed by atoms with Crippen LogP contribution in [-0.4, -0.2) is 75.1 Å². The molecule has 4 saturated heterocycles. The second-order valence-electron chi connectivity index (χ2n) is 13.3. The van der Waals surface area contributed by atoms with Gasteiger partial charge >= 0.3 is 17.9 Å². The number of carbonyl (C=O) groups is 4. The molecular formula is C28H30O10. The molecule has 6 fully saturated rings. The van der Waals surface area contributed by atoms with Crippen LogP contribution in [0.3, 0.4) is 0 Å². The quantitative estimate of drug-likeness (QED) is 0.339. The van der Waals surface area contributed by atoms with Crippen molar-refractivity contribution in [3.8, 4) is 0 Å². The van der Waals surface area contributed by atoms with Gasteiger partial charge in [-0.3, -0.25) is 9.59 Å². The highest BCUT2D eigenvalue weighted by Gasteiger charge is 2.95. The fraction of sp³-hybridized carbons (Fsp3) is 0.714. The monoisotopic (exact) mass is 526 g/mol. The first-order chi connectivity index (χ1) is 17.8. The van der Waals surface area contributed by atoms with Crippen LogP contribution in [0.2, 0.25) is 0 Å². The van der Waals surface area contributed by atoms with E-state index in [2.05, 4.69) is 0 Å². The van der Waals surface area contributed by atoms with Crippen molar-refractivity contribution in [2.75, 3.05) is 6.61 Å². The molecule has 4 bridgehead atoms. The maximum absolute atomic E-state index is 14.4. The zero-order valence-electron chi connectivity index (χ0n) is 21.4. The van der Waals surface area contributed by atoms with Crippen molar-refractivity contribution in [2.24, 2.45) is 34.5 Å². The molecule has 12 atom stereocenters. The van der Waals surface area contributed by atoms with Crippen LogP contribution in [0, 0.1) is 34.5 Å². The largest absolute Gasteiger partial charge is 0.458 e. The van der Waals surface area contributed by atoms with Crippen LogP contribution in [0.25, 0.3) is 0 Å². The van der Waals surface area contributed by atoms with E-state index < -0.39 is 87.0 Å². The molecule has 10 nitrogen and oxygen atoms in total. The van der Waals surface area contributed by atoms with Gasteiger partial charge in [0.1, 0.15) is 11.9 Å². The average Bonchev–Trinajstić information content (AvgIpc) is 3.22. The van der Waals surface area contributed by atoms with Crippen molar-refractivity contribution in [1.29, 1.82) is 0 Å². The van der Waals surface area contributed by atoms with Crippen LogP contribution >= 0.6 is 0 Å². The molecule has 10 heteroatoms. The summed E-state index contributed by atoms with van der Waals surface area (Å²) in [5.74, 6) is -5.13. The molecule has 8 aliphatic rings. The van der Waals surface area contributed by atoms with Crippen LogP contribution in [0.1, 0.15) is 46.5 Å². The predicted molar refractivity (Wildman–Crippen MR) is 124 cm³/mol. The van der Waals surface area contributed by atoms with Gasteiger partial charge in [0, 0.05) is 12.3 Å². The normalized spacial score (nSPS) is 59.0. The average molecular weight is 527 g/mol. The molecule has 0 aromatic carbocycles. The number of ether oxygens (including phenoxy) is 4. The summed E-state index contributed by atoms with van der Waals surface area (Å²) in [7, 11) is 0. The molecular weight excluding hydrogens is 496 g/mol. The van der Waals surface area contributed by atoms with Gasteiger partial charge in [-0.1, -0.05) is 25.2 Å². The van der Waals surface area contributed by atoms with Gasteiger partial charge in [-0.05, 0) is 50.0 Å². The van der Waals surface area contributed by atoms with E-state index in [0.29, 0.717) is 12.0 Å². The number of fused-ring (bicyclic) bond motifs is 5. The molecule has 38 heavy (non-hydrogen) atoms. The summed E-state index contributed by atoms with van der Waals surface area (Å²) in [6.07, 6.45) is 3.83. The zero-order valence-corrected chi connectivity index (χ0v) is 21.4. The third-order valence-corrected chi connectivity index (χ3v) is 12.0. The maximum atomic E-state index is 14.4. The molecule has 0 radical (unpaired) electrons. The number of hydrogen-bond acceptors (Lipinski definition) is 10. The van der Waals surface area contributed by atoms with E-state index in [0.717, 1.165) is 0 Å². The summed E-state index contributed by atoms with van der Waals surface area (Å²) in [4.78, 5) is 54.9. The van der Waals surface area contributed by atoms with E-state index in [9.17, 15) is 29.4 Å². The smallest absolute Gasteiger partial charge is 0.343 e. The van der Waals surface area contributed by atoms with Crippen molar-refractivity contribution in [1.82, 2.24) is 0 Å². The van der Waals surface area contributed by atoms with E-state index in [1.54, 1.807) is 19.1 Å². The minimum Gasteiger partial charge on any atom is -0.458 e. The predicted octanol–water partition coefficient (Wildman–Crippen LogP) is 0.528. The number of Topliss-reactive ketones (excluding diaryl/α,β-unsaturated/α-hetero) is 1. The summed E-state index contributed by atoms with van der Waals surface area (Å²) in [5, 5.41) is 22.7. The Balaban J connectivity index is 1.45. The standard InChI is InChI=1S/C28H30O10/c1-23-10-18-25(3)28-20(23)27(22(33)38-28,35-11-16(23)19(31)36-18)15-5-4-12-8-13(29)9-17(30)24(12,2)14(15)6-7-26(28,34)21(32)37-25/h4-5,8,13-16,18,20,29,34H,6-7,9-11H2,1-3H3/t13-,14-,15+,16-,18-,20+,23+,24-,25-,26-,27-,28-/m0/s1. The summed E-state index contributed by atoms with van der Waals surface area (Å²) < 4.78 is 24.5. The fourth-order valence-electron chi connectivity index (χ4n) is 10.3. The third-order valence-electron chi connectivity index (χ3n) is 12.0. The van der Waals surface area contributed by atoms with Crippen molar-refractivity contribution in [3.05, 3.63) is 23.8 Å². The molecule has 0 unspecified atom stereocenters. The molecule has 4 aliphatic heterocycles. The minimum absolute atomic E-state index is 0.0690. The van der Waals surface area contributed by atoms with Gasteiger partial charge in [-0.25, -0.2) is 9.59 Å². The zero-order chi connectivity index (χ0) is 26.8. The van der Waals surface area contributed by atoms with Gasteiger partial charge in [-0.15, -0.1) is 0 Å². The SMILES string of the molecule is C[C@]12C(=O)C[C@@H](O)C=C1C=C[C@@H]1[C@@H]2CC[C@]2(O)C(=O)O[C@@]3(C)[C@@H]4C[C@@]5(C)[C@@H]6[C@]1(OC[C@H]5C(=O)O4)C(=O)O[C@@]632. The summed E-state index contributed by atoms with van der Waals surface area (Å²) in [5.41, 5.74) is -8.70. The Labute approximate surface area is 218 Å². The number of allylic oxidation sites excluding steroid dienone is 2. The minimum atomic E-state index is -2.23. The van der Waals surface area contributed by atoms with E-state index >= 15 is 0 Å². The van der Waals surface area contributed by atoms with Gasteiger partial charge in [0.2, 0.25) is 11.2 Å². The number of carbonyl (C=O) groups excluding carboxylic acids is 4. The lowest BCUT2D eigenvalue weighted by Crippen LogP contribution is -2.82. The van der Waals surface area contributed by atoms with Crippen LogP contribution in [0.4, 0.5) is 0 Å². The number of ketones is 1. The lowest BCUT2D eigenvalue weighted by molar-refractivity contribution is -0.329. The highest BCUT2D eigenvalue weighted by molar-refractivity contribution is 5.95. The third kappa shape index (κ3) is 1.98. The van der Waals surface area contributed by atoms with Crippen molar-refractivity contribution < 1.29 is 48.3 Å².